The monoisotopic (exact) mass is 621 g/mol. The quantitative estimate of drug-likeness (QED) is 0.280. The molecule has 0 aliphatic rings. The molecule has 20 heavy (non-hydrogen) atoms. The van der Waals surface area contributed by atoms with Gasteiger partial charge in [-0.1, -0.05) is 26.2 Å². The summed E-state index contributed by atoms with van der Waals surface area (Å²) < 4.78 is 2.51. The van der Waals surface area contributed by atoms with Crippen LogP contribution in [0, 0.1) is 10.7 Å². The summed E-state index contributed by atoms with van der Waals surface area (Å²) in [5, 5.41) is 14.5. The Bertz CT molecular complexity index is 469. The number of carboxylic acids is 1. The Morgan fingerprint density at radius 1 is 1.20 bits per heavy atom. The van der Waals surface area contributed by atoms with Gasteiger partial charge in [0.25, 0.3) is 0 Å². The van der Waals surface area contributed by atoms with E-state index in [1.165, 1.54) is 19.3 Å². The SMILES string of the molecule is CCCCCCNc1c(I)cc(I)c(C(=O)[O-])c1I.[Na+]. The zero-order valence-electron chi connectivity index (χ0n) is 11.6. The predicted molar refractivity (Wildman–Crippen MR) is 102 cm³/mol. The third-order valence-electron chi connectivity index (χ3n) is 2.71. The van der Waals surface area contributed by atoms with Crippen LogP contribution in [0.15, 0.2) is 6.07 Å². The fraction of sp³-hybridized carbons (Fsp3) is 0.462. The third-order valence-corrected chi connectivity index (χ3v) is 5.49. The number of nitrogens with one attached hydrogen (secondary N) is 1. The van der Waals surface area contributed by atoms with E-state index in [2.05, 4.69) is 57.4 Å². The van der Waals surface area contributed by atoms with Crippen molar-refractivity contribution in [2.24, 2.45) is 0 Å². The van der Waals surface area contributed by atoms with Crippen LogP contribution in [-0.4, -0.2) is 12.5 Å². The molecule has 0 saturated heterocycles. The van der Waals surface area contributed by atoms with Crippen LogP contribution in [0.25, 0.3) is 0 Å². The Kier molecular flexibility index (Phi) is 12.2. The van der Waals surface area contributed by atoms with Crippen LogP contribution >= 0.6 is 67.8 Å². The van der Waals surface area contributed by atoms with Crippen LogP contribution in [0.2, 0.25) is 0 Å². The number of unbranched alkanes of at least 4 members (excludes halogenated alkanes) is 3. The first-order chi connectivity index (χ1) is 8.99. The summed E-state index contributed by atoms with van der Waals surface area (Å²) in [7, 11) is 0. The van der Waals surface area contributed by atoms with Gasteiger partial charge in [-0.05, 0) is 80.3 Å². The van der Waals surface area contributed by atoms with Gasteiger partial charge < -0.3 is 15.2 Å². The summed E-state index contributed by atoms with van der Waals surface area (Å²) in [4.78, 5) is 11.2. The Morgan fingerprint density at radius 2 is 1.85 bits per heavy atom. The number of hydrogen-bond acceptors (Lipinski definition) is 3. The number of aromatic carboxylic acids is 1. The molecule has 0 fully saturated rings. The molecule has 3 nitrogen and oxygen atoms in total. The molecule has 0 spiro atoms. The fourth-order valence-electron chi connectivity index (χ4n) is 1.70. The van der Waals surface area contributed by atoms with Crippen molar-refractivity contribution in [1.82, 2.24) is 0 Å². The van der Waals surface area contributed by atoms with Gasteiger partial charge >= 0.3 is 29.6 Å². The molecule has 0 heterocycles. The van der Waals surface area contributed by atoms with E-state index in [4.69, 9.17) is 0 Å². The number of carboxylic acid groups (broad SMARTS) is 1. The second-order valence-electron chi connectivity index (χ2n) is 4.18. The standard InChI is InChI=1S/C13H16I3NO2.Na/c1-2-3-4-5-6-17-12-9(15)7-8(14)10(11(12)16)13(18)19;/h7,17H,2-6H2,1H3,(H,18,19);/q;+1/p-1. The van der Waals surface area contributed by atoms with Gasteiger partial charge in [0.1, 0.15) is 0 Å². The molecule has 0 radical (unpaired) electrons. The Morgan fingerprint density at radius 3 is 2.40 bits per heavy atom. The molecule has 0 aliphatic heterocycles. The third kappa shape index (κ3) is 6.43. The molecule has 0 aromatic heterocycles. The summed E-state index contributed by atoms with van der Waals surface area (Å²) in [5.41, 5.74) is 1.20. The first-order valence-corrected chi connectivity index (χ1v) is 9.35. The van der Waals surface area contributed by atoms with Gasteiger partial charge in [-0.2, -0.15) is 0 Å². The molecule has 0 saturated carbocycles. The first kappa shape index (κ1) is 21.7. The second-order valence-corrected chi connectivity index (χ2v) is 7.58. The number of halogens is 3. The molecule has 0 bridgehead atoms. The molecule has 0 atom stereocenters. The van der Waals surface area contributed by atoms with E-state index < -0.39 is 5.97 Å². The van der Waals surface area contributed by atoms with E-state index in [9.17, 15) is 9.90 Å². The maximum absolute atomic E-state index is 11.2. The molecule has 1 aromatic rings. The fourth-order valence-corrected chi connectivity index (χ4v) is 5.90. The van der Waals surface area contributed by atoms with Crippen molar-refractivity contribution in [1.29, 1.82) is 0 Å². The second kappa shape index (κ2) is 11.3. The van der Waals surface area contributed by atoms with Gasteiger partial charge in [0.15, 0.2) is 0 Å². The van der Waals surface area contributed by atoms with Gasteiger partial charge in [0.2, 0.25) is 0 Å². The van der Waals surface area contributed by atoms with Crippen molar-refractivity contribution < 1.29 is 39.5 Å². The van der Waals surface area contributed by atoms with E-state index in [1.54, 1.807) is 0 Å². The van der Waals surface area contributed by atoms with Crippen molar-refractivity contribution in [3.63, 3.8) is 0 Å². The number of carbonyl (C=O) groups excluding carboxylic acids is 1. The molecule has 1 N–H and O–H groups in total. The van der Waals surface area contributed by atoms with Crippen LogP contribution in [0.3, 0.4) is 0 Å². The molecular weight excluding hydrogens is 606 g/mol. The van der Waals surface area contributed by atoms with Crippen LogP contribution in [-0.2, 0) is 0 Å². The summed E-state index contributed by atoms with van der Waals surface area (Å²) in [6, 6.07) is 1.88. The van der Waals surface area contributed by atoms with Gasteiger partial charge in [-0.15, -0.1) is 0 Å². The largest absolute Gasteiger partial charge is 1.00 e. The van der Waals surface area contributed by atoms with E-state index in [0.717, 1.165) is 29.4 Å². The number of anilines is 1. The summed E-state index contributed by atoms with van der Waals surface area (Å²) >= 11 is 6.36. The Hall–Kier alpha value is 1.68. The van der Waals surface area contributed by atoms with Gasteiger partial charge in [-0.25, -0.2) is 0 Å². The molecule has 1 rings (SSSR count). The normalized spacial score (nSPS) is 10.0. The molecule has 106 valence electrons. The summed E-state index contributed by atoms with van der Waals surface area (Å²) in [5.74, 6) is -1.11. The smallest absolute Gasteiger partial charge is 0.545 e. The number of rotatable bonds is 7. The number of benzene rings is 1. The van der Waals surface area contributed by atoms with E-state index >= 15 is 0 Å². The molecule has 0 unspecified atom stereocenters. The van der Waals surface area contributed by atoms with Crippen LogP contribution < -0.4 is 40.0 Å². The number of hydrogen-bond donors (Lipinski definition) is 1. The zero-order chi connectivity index (χ0) is 14.4. The van der Waals surface area contributed by atoms with Gasteiger partial charge in [-0.3, -0.25) is 0 Å². The van der Waals surface area contributed by atoms with E-state index in [0.29, 0.717) is 0 Å². The van der Waals surface area contributed by atoms with E-state index in [-0.39, 0.29) is 35.1 Å². The van der Waals surface area contributed by atoms with Crippen LogP contribution in [0.1, 0.15) is 43.0 Å². The van der Waals surface area contributed by atoms with Gasteiger partial charge in [0, 0.05) is 22.8 Å². The minimum atomic E-state index is -1.11. The van der Waals surface area contributed by atoms with Crippen molar-refractivity contribution in [2.75, 3.05) is 11.9 Å². The van der Waals surface area contributed by atoms with Gasteiger partial charge in [0.05, 0.1) is 11.7 Å². The zero-order valence-corrected chi connectivity index (χ0v) is 20.0. The Labute approximate surface area is 183 Å². The van der Waals surface area contributed by atoms with Crippen LogP contribution in [0.4, 0.5) is 5.69 Å². The minimum Gasteiger partial charge on any atom is -0.545 e. The molecule has 7 heteroatoms. The average molecular weight is 621 g/mol. The number of carbonyl (C=O) groups is 1. The molecule has 1 aromatic carbocycles. The molecule has 0 aliphatic carbocycles. The minimum absolute atomic E-state index is 0. The van der Waals surface area contributed by atoms with Crippen molar-refractivity contribution in [3.8, 4) is 0 Å². The van der Waals surface area contributed by atoms with Crippen LogP contribution in [0.5, 0.6) is 0 Å². The van der Waals surface area contributed by atoms with Crippen molar-refractivity contribution >= 4 is 79.4 Å². The molecule has 0 amide bonds. The molecular formula is C13H15I3NNaO2. The van der Waals surface area contributed by atoms with Crippen molar-refractivity contribution in [3.05, 3.63) is 22.3 Å². The topological polar surface area (TPSA) is 52.2 Å². The maximum Gasteiger partial charge on any atom is 1.00 e. The van der Waals surface area contributed by atoms with Crippen molar-refractivity contribution in [2.45, 2.75) is 32.6 Å². The Balaban J connectivity index is 0.00000361. The van der Waals surface area contributed by atoms with E-state index in [1.807, 2.05) is 28.7 Å². The average Bonchev–Trinajstić information content (AvgIpc) is 2.31. The maximum atomic E-state index is 11.2. The first-order valence-electron chi connectivity index (χ1n) is 6.11. The predicted octanol–water partition coefficient (Wildman–Crippen LogP) is 0.860. The summed E-state index contributed by atoms with van der Waals surface area (Å²) in [6.45, 7) is 3.06. The summed E-state index contributed by atoms with van der Waals surface area (Å²) in [6.07, 6.45) is 4.77.